The topological polar surface area (TPSA) is 85.2 Å². The third-order valence-electron chi connectivity index (χ3n) is 7.13. The maximum absolute atomic E-state index is 14.9. The standard InChI is InChI=1S/C25H26F2N6O2/c1-13-29-22-21(18-6-3-16(26)10-19(18)27)30-24(31-23(22)25(34)32(13)2)14-7-8-35-20(9-14)15-11-28-33(12-15)17-4-5-17/h3,6,10-14,17,20,29H,4-5,7-9H2,1-2H3/t13?,14-,20-/m0/s1. The average molecular weight is 481 g/mol. The summed E-state index contributed by atoms with van der Waals surface area (Å²) < 4.78 is 36.5. The van der Waals surface area contributed by atoms with Crippen molar-refractivity contribution in [2.75, 3.05) is 19.0 Å². The van der Waals surface area contributed by atoms with Crippen LogP contribution in [-0.2, 0) is 4.74 Å². The number of nitrogens with one attached hydrogen (secondary N) is 1. The van der Waals surface area contributed by atoms with Crippen LogP contribution in [0.15, 0.2) is 30.6 Å². The van der Waals surface area contributed by atoms with E-state index >= 15 is 0 Å². The molecule has 35 heavy (non-hydrogen) atoms. The molecule has 8 nitrogen and oxygen atoms in total. The molecule has 1 saturated heterocycles. The third kappa shape index (κ3) is 3.95. The number of halogens is 2. The van der Waals surface area contributed by atoms with Gasteiger partial charge in [0, 0.05) is 43.0 Å². The van der Waals surface area contributed by atoms with Crippen molar-refractivity contribution in [2.45, 2.75) is 56.8 Å². The Labute approximate surface area is 201 Å². The van der Waals surface area contributed by atoms with E-state index in [1.165, 1.54) is 12.1 Å². The summed E-state index contributed by atoms with van der Waals surface area (Å²) in [6.07, 6.45) is 6.99. The first-order valence-electron chi connectivity index (χ1n) is 12.0. The van der Waals surface area contributed by atoms with Gasteiger partial charge in [-0.05, 0) is 44.7 Å². The number of nitrogens with zero attached hydrogens (tertiary/aromatic N) is 5. The Bertz CT molecular complexity index is 1310. The van der Waals surface area contributed by atoms with Gasteiger partial charge in [0.15, 0.2) is 5.69 Å². The maximum atomic E-state index is 14.9. The normalized spacial score (nSPS) is 24.3. The van der Waals surface area contributed by atoms with Gasteiger partial charge in [-0.25, -0.2) is 18.7 Å². The molecular weight excluding hydrogens is 454 g/mol. The highest BCUT2D eigenvalue weighted by Gasteiger charge is 2.35. The van der Waals surface area contributed by atoms with Crippen molar-refractivity contribution >= 4 is 11.6 Å². The highest BCUT2D eigenvalue weighted by atomic mass is 19.1. The summed E-state index contributed by atoms with van der Waals surface area (Å²) >= 11 is 0. The minimum absolute atomic E-state index is 0.0944. The molecule has 3 atom stereocenters. The van der Waals surface area contributed by atoms with Gasteiger partial charge in [0.25, 0.3) is 5.91 Å². The van der Waals surface area contributed by atoms with Gasteiger partial charge in [-0.1, -0.05) is 0 Å². The smallest absolute Gasteiger partial charge is 0.276 e. The van der Waals surface area contributed by atoms with Crippen LogP contribution >= 0.6 is 0 Å². The molecule has 2 aromatic heterocycles. The van der Waals surface area contributed by atoms with Crippen LogP contribution in [0, 0.1) is 11.6 Å². The van der Waals surface area contributed by atoms with Crippen molar-refractivity contribution < 1.29 is 18.3 Å². The summed E-state index contributed by atoms with van der Waals surface area (Å²) in [5, 5.41) is 7.70. The van der Waals surface area contributed by atoms with Crippen molar-refractivity contribution in [3.05, 3.63) is 59.3 Å². The molecule has 0 radical (unpaired) electrons. The lowest BCUT2D eigenvalue weighted by Gasteiger charge is -2.34. The van der Waals surface area contributed by atoms with Crippen molar-refractivity contribution in [1.29, 1.82) is 0 Å². The monoisotopic (exact) mass is 480 g/mol. The molecule has 10 heteroatoms. The number of ether oxygens (including phenoxy) is 1. The first kappa shape index (κ1) is 22.1. The molecule has 1 N–H and O–H groups in total. The first-order chi connectivity index (χ1) is 16.9. The molecule has 4 heterocycles. The summed E-state index contributed by atoms with van der Waals surface area (Å²) in [7, 11) is 1.69. The SMILES string of the molecule is CC1Nc2c(nc([C@H]3CCO[C@H](c4cnn(C5CC5)c4)C3)nc2-c2ccc(F)cc2F)C(=O)N1C. The number of aromatic nitrogens is 4. The van der Waals surface area contributed by atoms with E-state index in [2.05, 4.69) is 15.4 Å². The quantitative estimate of drug-likeness (QED) is 0.595. The van der Waals surface area contributed by atoms with Crippen molar-refractivity contribution in [1.82, 2.24) is 24.6 Å². The van der Waals surface area contributed by atoms with E-state index < -0.39 is 11.6 Å². The highest BCUT2D eigenvalue weighted by molar-refractivity contribution is 6.02. The number of hydrogen-bond donors (Lipinski definition) is 1. The van der Waals surface area contributed by atoms with E-state index in [-0.39, 0.29) is 41.0 Å². The molecule has 0 spiro atoms. The van der Waals surface area contributed by atoms with Crippen LogP contribution < -0.4 is 5.32 Å². The van der Waals surface area contributed by atoms with Crippen LogP contribution in [0.25, 0.3) is 11.3 Å². The zero-order valence-corrected chi connectivity index (χ0v) is 19.5. The van der Waals surface area contributed by atoms with Gasteiger partial charge in [-0.3, -0.25) is 9.48 Å². The van der Waals surface area contributed by atoms with Gasteiger partial charge in [-0.15, -0.1) is 0 Å². The number of benzene rings is 1. The number of anilines is 1. The van der Waals surface area contributed by atoms with Crippen molar-refractivity contribution in [3.63, 3.8) is 0 Å². The summed E-state index contributed by atoms with van der Waals surface area (Å²) in [6.45, 7) is 2.33. The van der Waals surface area contributed by atoms with Crippen LogP contribution in [0.2, 0.25) is 0 Å². The molecule has 2 aliphatic heterocycles. The lowest BCUT2D eigenvalue weighted by molar-refractivity contribution is 0.00389. The zero-order chi connectivity index (χ0) is 24.3. The molecule has 1 amide bonds. The number of rotatable bonds is 4. The van der Waals surface area contributed by atoms with E-state index in [9.17, 15) is 13.6 Å². The van der Waals surface area contributed by atoms with E-state index in [0.717, 1.165) is 24.5 Å². The number of carbonyl (C=O) groups is 1. The number of carbonyl (C=O) groups excluding carboxylic acids is 1. The molecule has 1 unspecified atom stereocenters. The lowest BCUT2D eigenvalue weighted by Crippen LogP contribution is -2.45. The van der Waals surface area contributed by atoms with Crippen molar-refractivity contribution in [3.8, 4) is 11.3 Å². The Kier molecular flexibility index (Phi) is 5.28. The van der Waals surface area contributed by atoms with Crippen LogP contribution in [-0.4, -0.2) is 50.4 Å². The van der Waals surface area contributed by atoms with Gasteiger partial charge in [-0.2, -0.15) is 5.10 Å². The molecule has 1 saturated carbocycles. The summed E-state index contributed by atoms with van der Waals surface area (Å²) in [5.74, 6) is -1.32. The summed E-state index contributed by atoms with van der Waals surface area (Å²) in [5.41, 5.74) is 1.96. The van der Waals surface area contributed by atoms with Crippen LogP contribution in [0.3, 0.4) is 0 Å². The second kappa shape index (κ2) is 8.37. The van der Waals surface area contributed by atoms with E-state index in [0.29, 0.717) is 37.0 Å². The molecule has 3 aliphatic rings. The fourth-order valence-corrected chi connectivity index (χ4v) is 4.80. The molecule has 1 aliphatic carbocycles. The van der Waals surface area contributed by atoms with E-state index in [4.69, 9.17) is 9.72 Å². The maximum Gasteiger partial charge on any atom is 0.276 e. The molecule has 182 valence electrons. The first-order valence-corrected chi connectivity index (χ1v) is 12.0. The fourth-order valence-electron chi connectivity index (χ4n) is 4.80. The van der Waals surface area contributed by atoms with Gasteiger partial charge in [0.05, 0.1) is 30.2 Å². The van der Waals surface area contributed by atoms with Crippen molar-refractivity contribution in [2.24, 2.45) is 0 Å². The Balaban J connectivity index is 1.40. The number of amides is 1. The number of hydrogen-bond acceptors (Lipinski definition) is 6. The lowest BCUT2D eigenvalue weighted by atomic mass is 9.91. The predicted octanol–water partition coefficient (Wildman–Crippen LogP) is 4.43. The Morgan fingerprint density at radius 3 is 2.71 bits per heavy atom. The zero-order valence-electron chi connectivity index (χ0n) is 19.5. The predicted molar refractivity (Wildman–Crippen MR) is 124 cm³/mol. The molecular formula is C25H26F2N6O2. The van der Waals surface area contributed by atoms with Gasteiger partial charge >= 0.3 is 0 Å². The Hall–Kier alpha value is -3.40. The molecule has 1 aromatic carbocycles. The van der Waals surface area contributed by atoms with E-state index in [1.807, 2.05) is 24.0 Å². The average Bonchev–Trinajstić information content (AvgIpc) is 3.59. The molecule has 6 rings (SSSR count). The second-order valence-electron chi connectivity index (χ2n) is 9.58. The highest BCUT2D eigenvalue weighted by Crippen LogP contribution is 2.41. The van der Waals surface area contributed by atoms with Gasteiger partial charge < -0.3 is 15.0 Å². The fraction of sp³-hybridized carbons (Fsp3) is 0.440. The second-order valence-corrected chi connectivity index (χ2v) is 9.58. The summed E-state index contributed by atoms with van der Waals surface area (Å²) in [6, 6.07) is 3.85. The molecule has 3 aromatic rings. The minimum Gasteiger partial charge on any atom is -0.373 e. The third-order valence-corrected chi connectivity index (χ3v) is 7.13. The van der Waals surface area contributed by atoms with Crippen LogP contribution in [0.1, 0.15) is 72.5 Å². The molecule has 0 bridgehead atoms. The minimum atomic E-state index is -0.741. The van der Waals surface area contributed by atoms with Crippen LogP contribution in [0.4, 0.5) is 14.5 Å². The molecule has 2 fully saturated rings. The Morgan fingerprint density at radius 2 is 1.94 bits per heavy atom. The largest absolute Gasteiger partial charge is 0.373 e. The Morgan fingerprint density at radius 1 is 1.14 bits per heavy atom. The van der Waals surface area contributed by atoms with Gasteiger partial charge in [0.1, 0.15) is 23.2 Å². The van der Waals surface area contributed by atoms with E-state index in [1.54, 1.807) is 11.9 Å². The van der Waals surface area contributed by atoms with Crippen LogP contribution in [0.5, 0.6) is 0 Å². The number of fused-ring (bicyclic) bond motifs is 1. The van der Waals surface area contributed by atoms with Gasteiger partial charge in [0.2, 0.25) is 0 Å². The summed E-state index contributed by atoms with van der Waals surface area (Å²) in [4.78, 5) is 24.1.